The van der Waals surface area contributed by atoms with Crippen molar-refractivity contribution in [1.29, 1.82) is 0 Å². The van der Waals surface area contributed by atoms with E-state index in [1.165, 1.54) is 12.1 Å². The molecule has 0 N–H and O–H groups in total. The molecule has 15 heavy (non-hydrogen) atoms. The first-order valence-corrected chi connectivity index (χ1v) is 5.48. The molecule has 0 radical (unpaired) electrons. The van der Waals surface area contributed by atoms with Gasteiger partial charge in [-0.3, -0.25) is 4.90 Å². The van der Waals surface area contributed by atoms with Crippen molar-refractivity contribution >= 4 is 11.6 Å². The van der Waals surface area contributed by atoms with Gasteiger partial charge in [-0.05, 0) is 17.7 Å². The van der Waals surface area contributed by atoms with Gasteiger partial charge in [0.25, 0.3) is 0 Å². The third kappa shape index (κ3) is 2.68. The molecular formula is C11H13ClFNO. The smallest absolute Gasteiger partial charge is 0.123 e. The van der Waals surface area contributed by atoms with E-state index in [1.807, 2.05) is 6.07 Å². The average Bonchev–Trinajstić information content (AvgIpc) is 2.29. The number of hydrogen-bond donors (Lipinski definition) is 0. The van der Waals surface area contributed by atoms with Gasteiger partial charge in [0.1, 0.15) is 5.82 Å². The topological polar surface area (TPSA) is 12.5 Å². The first kappa shape index (κ1) is 10.9. The summed E-state index contributed by atoms with van der Waals surface area (Å²) < 4.78 is 18.6. The summed E-state index contributed by atoms with van der Waals surface area (Å²) in [5.41, 5.74) is 0.879. The molecule has 1 atom stereocenters. The zero-order valence-electron chi connectivity index (χ0n) is 8.33. The van der Waals surface area contributed by atoms with Crippen LogP contribution in [0.2, 0.25) is 0 Å². The van der Waals surface area contributed by atoms with Crippen LogP contribution in [0.1, 0.15) is 11.7 Å². The lowest BCUT2D eigenvalue weighted by Crippen LogP contribution is -2.37. The van der Waals surface area contributed by atoms with Crippen LogP contribution in [0.25, 0.3) is 0 Å². The zero-order valence-corrected chi connectivity index (χ0v) is 9.08. The van der Waals surface area contributed by atoms with Crippen LogP contribution in [-0.2, 0) is 4.74 Å². The highest BCUT2D eigenvalue weighted by Crippen LogP contribution is 2.22. The van der Waals surface area contributed by atoms with Crippen molar-refractivity contribution in [2.24, 2.45) is 0 Å². The zero-order chi connectivity index (χ0) is 10.7. The Labute approximate surface area is 93.6 Å². The minimum atomic E-state index is -0.223. The Morgan fingerprint density at radius 2 is 2.40 bits per heavy atom. The number of halogens is 2. The maximum atomic E-state index is 13.0. The van der Waals surface area contributed by atoms with Gasteiger partial charge in [0.05, 0.1) is 18.7 Å². The molecular weight excluding hydrogens is 217 g/mol. The van der Waals surface area contributed by atoms with Gasteiger partial charge in [-0.25, -0.2) is 4.39 Å². The lowest BCUT2D eigenvalue weighted by atomic mass is 10.1. The van der Waals surface area contributed by atoms with Gasteiger partial charge in [-0.1, -0.05) is 12.1 Å². The van der Waals surface area contributed by atoms with Crippen molar-refractivity contribution in [1.82, 2.24) is 4.90 Å². The molecule has 0 aromatic heterocycles. The fourth-order valence-electron chi connectivity index (χ4n) is 1.72. The SMILES string of the molecule is Fc1cccc(C2CN(CCl)CCO2)c1. The average molecular weight is 230 g/mol. The first-order chi connectivity index (χ1) is 7.29. The summed E-state index contributed by atoms with van der Waals surface area (Å²) >= 11 is 5.76. The van der Waals surface area contributed by atoms with Gasteiger partial charge >= 0.3 is 0 Å². The lowest BCUT2D eigenvalue weighted by Gasteiger charge is -2.31. The van der Waals surface area contributed by atoms with Gasteiger partial charge in [-0.2, -0.15) is 0 Å². The van der Waals surface area contributed by atoms with Crippen LogP contribution in [0, 0.1) is 5.82 Å². The molecule has 1 aromatic rings. The highest BCUT2D eigenvalue weighted by atomic mass is 35.5. The standard InChI is InChI=1S/C11H13ClFNO/c12-8-14-4-5-15-11(7-14)9-2-1-3-10(13)6-9/h1-3,6,11H,4-5,7-8H2. The van der Waals surface area contributed by atoms with Gasteiger partial charge in [0.15, 0.2) is 0 Å². The molecule has 0 saturated carbocycles. The molecule has 0 bridgehead atoms. The summed E-state index contributed by atoms with van der Waals surface area (Å²) in [5.74, 6) is -0.223. The van der Waals surface area contributed by atoms with Gasteiger partial charge in [0.2, 0.25) is 0 Å². The Balaban J connectivity index is 2.09. The second-order valence-corrected chi connectivity index (χ2v) is 3.85. The highest BCUT2D eigenvalue weighted by Gasteiger charge is 2.21. The summed E-state index contributed by atoms with van der Waals surface area (Å²) in [6.07, 6.45) is -0.0619. The molecule has 1 aliphatic heterocycles. The molecule has 1 aliphatic rings. The number of benzene rings is 1. The predicted octanol–water partition coefficient (Wildman–Crippen LogP) is 2.40. The minimum absolute atomic E-state index is 0.0619. The van der Waals surface area contributed by atoms with Crippen LogP contribution in [-0.4, -0.2) is 30.6 Å². The molecule has 2 rings (SSSR count). The van der Waals surface area contributed by atoms with Crippen LogP contribution >= 0.6 is 11.6 Å². The van der Waals surface area contributed by atoms with Gasteiger partial charge in [0, 0.05) is 13.1 Å². The Hall–Kier alpha value is -0.640. The largest absolute Gasteiger partial charge is 0.371 e. The van der Waals surface area contributed by atoms with E-state index in [4.69, 9.17) is 16.3 Å². The van der Waals surface area contributed by atoms with E-state index in [-0.39, 0.29) is 11.9 Å². The van der Waals surface area contributed by atoms with Gasteiger partial charge < -0.3 is 4.74 Å². The maximum absolute atomic E-state index is 13.0. The van der Waals surface area contributed by atoms with Crippen molar-refractivity contribution < 1.29 is 9.13 Å². The van der Waals surface area contributed by atoms with E-state index in [0.717, 1.165) is 18.7 Å². The fraction of sp³-hybridized carbons (Fsp3) is 0.455. The second-order valence-electron chi connectivity index (χ2n) is 3.61. The quantitative estimate of drug-likeness (QED) is 0.571. The molecule has 1 saturated heterocycles. The molecule has 1 unspecified atom stereocenters. The van der Waals surface area contributed by atoms with Crippen LogP contribution < -0.4 is 0 Å². The molecule has 0 aliphatic carbocycles. The molecule has 2 nitrogen and oxygen atoms in total. The number of alkyl halides is 1. The van der Waals surface area contributed by atoms with Crippen LogP contribution in [0.5, 0.6) is 0 Å². The number of nitrogens with zero attached hydrogens (tertiary/aromatic N) is 1. The predicted molar refractivity (Wildman–Crippen MR) is 57.4 cm³/mol. The summed E-state index contributed by atoms with van der Waals surface area (Å²) in [6.45, 7) is 2.22. The molecule has 1 fully saturated rings. The van der Waals surface area contributed by atoms with Crippen LogP contribution in [0.15, 0.2) is 24.3 Å². The van der Waals surface area contributed by atoms with Crippen molar-refractivity contribution in [2.75, 3.05) is 25.7 Å². The van der Waals surface area contributed by atoms with Crippen molar-refractivity contribution in [3.63, 3.8) is 0 Å². The van der Waals surface area contributed by atoms with E-state index in [9.17, 15) is 4.39 Å². The molecule has 4 heteroatoms. The number of rotatable bonds is 2. The minimum Gasteiger partial charge on any atom is -0.371 e. The number of hydrogen-bond acceptors (Lipinski definition) is 2. The third-order valence-corrected chi connectivity index (χ3v) is 2.88. The molecule has 82 valence electrons. The Morgan fingerprint density at radius 3 is 3.13 bits per heavy atom. The molecule has 1 heterocycles. The summed E-state index contributed by atoms with van der Waals surface area (Å²) in [7, 11) is 0. The van der Waals surface area contributed by atoms with Gasteiger partial charge in [-0.15, -0.1) is 11.6 Å². The third-order valence-electron chi connectivity index (χ3n) is 2.54. The van der Waals surface area contributed by atoms with E-state index in [1.54, 1.807) is 6.07 Å². The summed E-state index contributed by atoms with van der Waals surface area (Å²) in [6, 6.07) is 7.03. The first-order valence-electron chi connectivity index (χ1n) is 4.95. The summed E-state index contributed by atoms with van der Waals surface area (Å²) in [5, 5.41) is 0. The monoisotopic (exact) mass is 229 g/mol. The van der Waals surface area contributed by atoms with Crippen LogP contribution in [0.4, 0.5) is 4.39 Å². The summed E-state index contributed by atoms with van der Waals surface area (Å²) in [4.78, 5) is 2.08. The van der Waals surface area contributed by atoms with E-state index in [0.29, 0.717) is 12.6 Å². The lowest BCUT2D eigenvalue weighted by molar-refractivity contribution is -0.0238. The van der Waals surface area contributed by atoms with E-state index < -0.39 is 0 Å². The Kier molecular flexibility index (Phi) is 3.57. The fourth-order valence-corrected chi connectivity index (χ4v) is 1.94. The van der Waals surface area contributed by atoms with Crippen molar-refractivity contribution in [3.05, 3.63) is 35.6 Å². The Bertz CT molecular complexity index is 334. The molecule has 1 aromatic carbocycles. The van der Waals surface area contributed by atoms with E-state index in [2.05, 4.69) is 4.90 Å². The van der Waals surface area contributed by atoms with Crippen molar-refractivity contribution in [2.45, 2.75) is 6.10 Å². The second kappa shape index (κ2) is 4.92. The Morgan fingerprint density at radius 1 is 1.53 bits per heavy atom. The van der Waals surface area contributed by atoms with Crippen LogP contribution in [0.3, 0.4) is 0 Å². The molecule has 0 spiro atoms. The number of morpholine rings is 1. The van der Waals surface area contributed by atoms with Crippen molar-refractivity contribution in [3.8, 4) is 0 Å². The van der Waals surface area contributed by atoms with E-state index >= 15 is 0 Å². The number of ether oxygens (including phenoxy) is 1. The maximum Gasteiger partial charge on any atom is 0.123 e. The highest BCUT2D eigenvalue weighted by molar-refractivity contribution is 6.17. The molecule has 0 amide bonds. The normalized spacial score (nSPS) is 22.9.